The molecule has 4 aromatic rings. The summed E-state index contributed by atoms with van der Waals surface area (Å²) < 4.78 is 7.97. The van der Waals surface area contributed by atoms with Crippen LogP contribution in [-0.4, -0.2) is 49.8 Å². The average Bonchev–Trinajstić information content (AvgIpc) is 3.63. The minimum absolute atomic E-state index is 0.137. The Kier molecular flexibility index (Phi) is 5.88. The molecule has 7 heteroatoms. The van der Waals surface area contributed by atoms with E-state index in [0.29, 0.717) is 43.7 Å². The van der Waals surface area contributed by atoms with Gasteiger partial charge in [0.1, 0.15) is 0 Å². The number of benzene rings is 2. The first kappa shape index (κ1) is 23.0. The van der Waals surface area contributed by atoms with Gasteiger partial charge in [0, 0.05) is 53.8 Å². The van der Waals surface area contributed by atoms with E-state index < -0.39 is 0 Å². The molecule has 1 fully saturated rings. The van der Waals surface area contributed by atoms with Gasteiger partial charge in [-0.3, -0.25) is 4.79 Å². The molecule has 2 aromatic heterocycles. The van der Waals surface area contributed by atoms with Crippen molar-refractivity contribution in [2.75, 3.05) is 13.1 Å². The van der Waals surface area contributed by atoms with Gasteiger partial charge in [0.25, 0.3) is 5.89 Å². The lowest BCUT2D eigenvalue weighted by Gasteiger charge is -2.28. The number of carbonyl (C=O) groups is 1. The van der Waals surface area contributed by atoms with Crippen molar-refractivity contribution in [1.29, 1.82) is 0 Å². The van der Waals surface area contributed by atoms with Gasteiger partial charge in [-0.25, -0.2) is 0 Å². The molecule has 1 N–H and O–H groups in total. The Morgan fingerprint density at radius 1 is 1.19 bits per heavy atom. The van der Waals surface area contributed by atoms with Crippen LogP contribution < -0.4 is 0 Å². The second-order valence-corrected chi connectivity index (χ2v) is 10.5. The van der Waals surface area contributed by atoms with Gasteiger partial charge in [-0.2, -0.15) is 4.98 Å². The largest absolute Gasteiger partial charge is 0.391 e. The summed E-state index contributed by atoms with van der Waals surface area (Å²) in [5.74, 6) is 1.42. The van der Waals surface area contributed by atoms with Crippen molar-refractivity contribution in [3.63, 3.8) is 0 Å². The topological polar surface area (TPSA) is 84.4 Å². The van der Waals surface area contributed by atoms with E-state index in [0.717, 1.165) is 35.8 Å². The van der Waals surface area contributed by atoms with Gasteiger partial charge in [-0.05, 0) is 80.8 Å². The first-order chi connectivity index (χ1) is 17.5. The van der Waals surface area contributed by atoms with Crippen LogP contribution >= 0.6 is 0 Å². The Morgan fingerprint density at radius 3 is 2.89 bits per heavy atom. The fourth-order valence-corrected chi connectivity index (χ4v) is 5.87. The number of rotatable bonds is 5. The third-order valence-electron chi connectivity index (χ3n) is 7.76. The maximum Gasteiger partial charge on any atom is 0.258 e. The summed E-state index contributed by atoms with van der Waals surface area (Å²) >= 11 is 0. The summed E-state index contributed by atoms with van der Waals surface area (Å²) in [6, 6.07) is 15.0. The molecule has 6 rings (SSSR count). The maximum atomic E-state index is 12.9. The number of fused-ring (bicyclic) bond motifs is 2. The second kappa shape index (κ2) is 9.21. The third-order valence-corrected chi connectivity index (χ3v) is 7.76. The van der Waals surface area contributed by atoms with E-state index in [2.05, 4.69) is 60.1 Å². The van der Waals surface area contributed by atoms with Crippen LogP contribution in [0.2, 0.25) is 0 Å². The van der Waals surface area contributed by atoms with Crippen LogP contribution in [0.3, 0.4) is 0 Å². The van der Waals surface area contributed by atoms with E-state index >= 15 is 0 Å². The number of carbonyl (C=O) groups excluding carboxylic acids is 1. The number of nitrogens with zero attached hydrogens (tertiary/aromatic N) is 4. The zero-order valence-corrected chi connectivity index (χ0v) is 20.9. The van der Waals surface area contributed by atoms with Gasteiger partial charge < -0.3 is 19.1 Å². The van der Waals surface area contributed by atoms with Gasteiger partial charge in [-0.1, -0.05) is 23.4 Å². The predicted molar refractivity (Wildman–Crippen MR) is 139 cm³/mol. The SMILES string of the molecule is CC(C)n1ccc2cc(-c3nc(-c4cccc5c4CCCC5CC(=O)N4CCC(O)C4)no3)ccc21. The van der Waals surface area contributed by atoms with Crippen molar-refractivity contribution >= 4 is 16.8 Å². The lowest BCUT2D eigenvalue weighted by molar-refractivity contribution is -0.131. The van der Waals surface area contributed by atoms with Crippen LogP contribution in [0, 0.1) is 0 Å². The highest BCUT2D eigenvalue weighted by atomic mass is 16.5. The fraction of sp³-hybridized carbons (Fsp3) is 0.414. The first-order valence-corrected chi connectivity index (χ1v) is 13.0. The van der Waals surface area contributed by atoms with E-state index in [9.17, 15) is 9.90 Å². The van der Waals surface area contributed by atoms with Gasteiger partial charge in [0.2, 0.25) is 11.7 Å². The van der Waals surface area contributed by atoms with E-state index in [4.69, 9.17) is 9.51 Å². The molecule has 0 radical (unpaired) electrons. The van der Waals surface area contributed by atoms with Crippen molar-refractivity contribution in [3.8, 4) is 22.8 Å². The Balaban J connectivity index is 1.27. The van der Waals surface area contributed by atoms with Crippen molar-refractivity contribution < 1.29 is 14.4 Å². The zero-order valence-electron chi connectivity index (χ0n) is 20.9. The lowest BCUT2D eigenvalue weighted by Crippen LogP contribution is -2.31. The molecule has 1 saturated heterocycles. The fourth-order valence-electron chi connectivity index (χ4n) is 5.87. The van der Waals surface area contributed by atoms with Gasteiger partial charge >= 0.3 is 0 Å². The molecule has 2 aliphatic rings. The van der Waals surface area contributed by atoms with Crippen molar-refractivity contribution in [2.45, 2.75) is 64.0 Å². The smallest absolute Gasteiger partial charge is 0.258 e. The molecule has 2 atom stereocenters. The summed E-state index contributed by atoms with van der Waals surface area (Å²) in [6.07, 6.45) is 5.84. The molecule has 0 saturated carbocycles. The Morgan fingerprint density at radius 2 is 2.08 bits per heavy atom. The molecule has 7 nitrogen and oxygen atoms in total. The normalized spacial score (nSPS) is 19.8. The molecule has 1 aliphatic heterocycles. The number of aromatic nitrogens is 3. The molecule has 2 aromatic carbocycles. The van der Waals surface area contributed by atoms with E-state index in [1.54, 1.807) is 4.90 Å². The number of aliphatic hydroxyl groups excluding tert-OH is 1. The van der Waals surface area contributed by atoms with Crippen LogP contribution in [0.25, 0.3) is 33.7 Å². The second-order valence-electron chi connectivity index (χ2n) is 10.5. The molecule has 186 valence electrons. The van der Waals surface area contributed by atoms with Crippen LogP contribution in [0.1, 0.15) is 62.6 Å². The quantitative estimate of drug-likeness (QED) is 0.413. The molecule has 0 bridgehead atoms. The molecule has 1 aliphatic carbocycles. The minimum Gasteiger partial charge on any atom is -0.391 e. The predicted octanol–water partition coefficient (Wildman–Crippen LogP) is 5.34. The molecular weight excluding hydrogens is 452 g/mol. The number of hydrogen-bond acceptors (Lipinski definition) is 5. The number of β-amino-alcohol motifs (C(OH)–C–C–N with tert-alkyl or cyclic N) is 1. The van der Waals surface area contributed by atoms with Crippen LogP contribution in [0.15, 0.2) is 53.2 Å². The van der Waals surface area contributed by atoms with Crippen molar-refractivity contribution in [1.82, 2.24) is 19.6 Å². The third kappa shape index (κ3) is 4.11. The number of amides is 1. The molecule has 1 amide bonds. The monoisotopic (exact) mass is 484 g/mol. The van der Waals surface area contributed by atoms with Crippen molar-refractivity contribution in [3.05, 3.63) is 59.8 Å². The molecule has 2 unspecified atom stereocenters. The van der Waals surface area contributed by atoms with Gasteiger partial charge in [0.15, 0.2) is 0 Å². The Labute approximate surface area is 210 Å². The van der Waals surface area contributed by atoms with Crippen LogP contribution in [0.5, 0.6) is 0 Å². The van der Waals surface area contributed by atoms with Crippen LogP contribution in [-0.2, 0) is 11.2 Å². The highest BCUT2D eigenvalue weighted by molar-refractivity contribution is 5.84. The van der Waals surface area contributed by atoms with Gasteiger partial charge in [-0.15, -0.1) is 0 Å². The summed E-state index contributed by atoms with van der Waals surface area (Å²) in [7, 11) is 0. The molecule has 0 spiro atoms. The lowest BCUT2D eigenvalue weighted by atomic mass is 9.79. The summed E-state index contributed by atoms with van der Waals surface area (Å²) in [4.78, 5) is 19.5. The van der Waals surface area contributed by atoms with Crippen LogP contribution in [0.4, 0.5) is 0 Å². The van der Waals surface area contributed by atoms with Crippen molar-refractivity contribution in [2.24, 2.45) is 0 Å². The molecular formula is C29H32N4O3. The Bertz CT molecular complexity index is 1420. The molecule has 36 heavy (non-hydrogen) atoms. The zero-order chi connectivity index (χ0) is 24.8. The van der Waals surface area contributed by atoms with Gasteiger partial charge in [0.05, 0.1) is 6.10 Å². The number of aliphatic hydroxyl groups is 1. The van der Waals surface area contributed by atoms with E-state index in [-0.39, 0.29) is 17.9 Å². The Hall–Kier alpha value is -3.45. The summed E-state index contributed by atoms with van der Waals surface area (Å²) in [5, 5.41) is 15.3. The summed E-state index contributed by atoms with van der Waals surface area (Å²) in [6.45, 7) is 5.46. The number of likely N-dealkylation sites (tertiary alicyclic amines) is 1. The minimum atomic E-state index is -0.387. The number of hydrogen-bond donors (Lipinski definition) is 1. The van der Waals surface area contributed by atoms with E-state index in [1.807, 2.05) is 12.1 Å². The summed E-state index contributed by atoms with van der Waals surface area (Å²) in [5.41, 5.74) is 5.52. The average molecular weight is 485 g/mol. The maximum absolute atomic E-state index is 12.9. The van der Waals surface area contributed by atoms with E-state index in [1.165, 1.54) is 16.6 Å². The highest BCUT2D eigenvalue weighted by Gasteiger charge is 2.30. The standard InChI is InChI=1S/C29H32N4O3/c1-18(2)33-14-11-20-15-21(9-10-26(20)33)29-30-28(31-36-29)25-8-4-6-23-19(5-3-7-24(23)25)16-27(35)32-13-12-22(34)17-32/h4,6,8-11,14-15,18-19,22,34H,3,5,7,12-13,16-17H2,1-2H3. The highest BCUT2D eigenvalue weighted by Crippen LogP contribution is 2.39. The molecule has 3 heterocycles. The first-order valence-electron chi connectivity index (χ1n) is 13.0.